The van der Waals surface area contributed by atoms with Crippen molar-refractivity contribution < 1.29 is 38.4 Å². The number of anilines is 1. The van der Waals surface area contributed by atoms with E-state index in [4.69, 9.17) is 9.84 Å². The Hall–Kier alpha value is -2.13. The van der Waals surface area contributed by atoms with E-state index in [-0.39, 0.29) is 22.1 Å². The Bertz CT molecular complexity index is 968. The monoisotopic (exact) mass is 459 g/mol. The zero-order chi connectivity index (χ0) is 21.9. The molecule has 11 nitrogen and oxygen atoms in total. The van der Waals surface area contributed by atoms with Gasteiger partial charge in [0.15, 0.2) is 11.4 Å². The summed E-state index contributed by atoms with van der Waals surface area (Å²) >= 11 is 0.991. The summed E-state index contributed by atoms with van der Waals surface area (Å²) in [5.41, 5.74) is 0.262. The number of rotatable bonds is 7. The third kappa shape index (κ3) is 5.13. The van der Waals surface area contributed by atoms with Gasteiger partial charge >= 0.3 is 0 Å². The van der Waals surface area contributed by atoms with Gasteiger partial charge in [0.25, 0.3) is 10.0 Å². The molecule has 30 heavy (non-hydrogen) atoms. The van der Waals surface area contributed by atoms with Crippen LogP contribution in [0.1, 0.15) is 5.69 Å². The maximum Gasteiger partial charge on any atom is 0.263 e. The molecule has 1 amide bonds. The molecule has 13 heteroatoms. The van der Waals surface area contributed by atoms with Gasteiger partial charge in [-0.1, -0.05) is 18.2 Å². The van der Waals surface area contributed by atoms with E-state index in [9.17, 15) is 28.5 Å². The van der Waals surface area contributed by atoms with Crippen molar-refractivity contribution in [2.24, 2.45) is 0 Å². The van der Waals surface area contributed by atoms with Gasteiger partial charge in [0.05, 0.1) is 23.6 Å². The van der Waals surface area contributed by atoms with Gasteiger partial charge < -0.3 is 30.5 Å². The van der Waals surface area contributed by atoms with Crippen molar-refractivity contribution in [3.05, 3.63) is 41.4 Å². The molecule has 6 N–H and O–H groups in total. The normalized spacial score (nSPS) is 26.9. The van der Waals surface area contributed by atoms with Crippen LogP contribution in [-0.4, -0.2) is 77.0 Å². The van der Waals surface area contributed by atoms with Crippen molar-refractivity contribution in [1.82, 2.24) is 10.3 Å². The first-order valence-corrected chi connectivity index (χ1v) is 11.2. The molecular weight excluding hydrogens is 438 g/mol. The molecule has 1 aromatic carbocycles. The maximum absolute atomic E-state index is 12.3. The highest BCUT2D eigenvalue weighted by atomic mass is 32.2. The fraction of sp³-hybridized carbons (Fsp3) is 0.412. The number of aromatic nitrogens is 1. The molecule has 3 unspecified atom stereocenters. The number of sulfonamides is 1. The molecule has 2 heterocycles. The van der Waals surface area contributed by atoms with Gasteiger partial charge in [0.2, 0.25) is 5.91 Å². The largest absolute Gasteiger partial charge is 0.394 e. The molecule has 5 atom stereocenters. The Morgan fingerprint density at radius 2 is 1.87 bits per heavy atom. The summed E-state index contributed by atoms with van der Waals surface area (Å²) in [5.74, 6) is -0.640. The van der Waals surface area contributed by atoms with Crippen LogP contribution in [0.4, 0.5) is 5.13 Å². The van der Waals surface area contributed by atoms with Gasteiger partial charge in [-0.25, -0.2) is 13.4 Å². The molecule has 1 aliphatic heterocycles. The molecular formula is C17H21N3O8S2. The third-order valence-electron chi connectivity index (χ3n) is 4.40. The highest BCUT2D eigenvalue weighted by molar-refractivity contribution is 7.93. The number of nitrogens with zero attached hydrogens (tertiary/aromatic N) is 1. The standard InChI is InChI=1S/C17H21N3O8S2/c21-7-11-14(23)15(24)13(16(25)28-11)19-12(22)6-9-8-29-17(18-9)20-30(26,27)10-4-2-1-3-5-10/h1-5,8,11,13-16,21,23-25H,6-7H2,(H,18,20)(H,19,22)/t11-,13?,14?,15-,16?/m1/s1. The van der Waals surface area contributed by atoms with E-state index < -0.39 is 53.2 Å². The summed E-state index contributed by atoms with van der Waals surface area (Å²) < 4.78 is 31.9. The molecule has 3 rings (SSSR count). The van der Waals surface area contributed by atoms with Gasteiger partial charge in [-0.15, -0.1) is 11.3 Å². The SMILES string of the molecule is O=C(Cc1csc(NS(=O)(=O)c2ccccc2)n1)NC1C(O)O[C@H](CO)C(O)[C@@H]1O. The van der Waals surface area contributed by atoms with Crippen molar-refractivity contribution in [3.63, 3.8) is 0 Å². The lowest BCUT2D eigenvalue weighted by Crippen LogP contribution is -2.64. The third-order valence-corrected chi connectivity index (χ3v) is 6.69. The summed E-state index contributed by atoms with van der Waals surface area (Å²) in [7, 11) is -3.81. The lowest BCUT2D eigenvalue weighted by atomic mass is 9.97. The van der Waals surface area contributed by atoms with Crippen molar-refractivity contribution in [2.75, 3.05) is 11.3 Å². The second kappa shape index (κ2) is 9.34. The second-order valence-corrected chi connectivity index (χ2v) is 9.10. The van der Waals surface area contributed by atoms with Crippen molar-refractivity contribution >= 4 is 32.4 Å². The highest BCUT2D eigenvalue weighted by Gasteiger charge is 2.44. The van der Waals surface area contributed by atoms with E-state index in [1.807, 2.05) is 0 Å². The average Bonchev–Trinajstić information content (AvgIpc) is 3.14. The number of carbonyl (C=O) groups is 1. The van der Waals surface area contributed by atoms with E-state index in [1.54, 1.807) is 18.2 Å². The van der Waals surface area contributed by atoms with Gasteiger partial charge in [-0.05, 0) is 12.1 Å². The average molecular weight is 460 g/mol. The minimum Gasteiger partial charge on any atom is -0.394 e. The number of nitrogens with one attached hydrogen (secondary N) is 2. The molecule has 0 spiro atoms. The number of benzene rings is 1. The van der Waals surface area contributed by atoms with E-state index in [2.05, 4.69) is 15.0 Å². The lowest BCUT2D eigenvalue weighted by molar-refractivity contribution is -0.253. The number of amides is 1. The zero-order valence-corrected chi connectivity index (χ0v) is 17.1. The zero-order valence-electron chi connectivity index (χ0n) is 15.5. The number of thiazole rings is 1. The summed E-state index contributed by atoms with van der Waals surface area (Å²) in [6.07, 6.45) is -6.13. The number of carbonyl (C=O) groups excluding carboxylic acids is 1. The van der Waals surface area contributed by atoms with Crippen LogP contribution in [0.5, 0.6) is 0 Å². The van der Waals surface area contributed by atoms with Crippen LogP contribution in [0.25, 0.3) is 0 Å². The van der Waals surface area contributed by atoms with Crippen molar-refractivity contribution in [2.45, 2.75) is 42.0 Å². The minimum atomic E-state index is -3.81. The molecule has 1 fully saturated rings. The van der Waals surface area contributed by atoms with Crippen molar-refractivity contribution in [3.8, 4) is 0 Å². The molecule has 0 radical (unpaired) electrons. The van der Waals surface area contributed by atoms with Crippen molar-refractivity contribution in [1.29, 1.82) is 0 Å². The fourth-order valence-electron chi connectivity index (χ4n) is 2.86. The molecule has 0 aliphatic carbocycles. The number of hydrogen-bond acceptors (Lipinski definition) is 10. The Morgan fingerprint density at radius 3 is 2.53 bits per heavy atom. The van der Waals surface area contributed by atoms with Gasteiger partial charge in [0, 0.05) is 5.38 Å². The minimum absolute atomic E-state index is 0.0690. The van der Waals surface area contributed by atoms with Crippen LogP contribution in [0.15, 0.2) is 40.6 Å². The summed E-state index contributed by atoms with van der Waals surface area (Å²) in [6.45, 7) is -0.615. The summed E-state index contributed by atoms with van der Waals surface area (Å²) in [5, 5.41) is 42.8. The molecule has 1 aliphatic rings. The first-order valence-electron chi connectivity index (χ1n) is 8.83. The summed E-state index contributed by atoms with van der Waals surface area (Å²) in [6, 6.07) is 6.41. The van der Waals surface area contributed by atoms with Crippen LogP contribution in [0.3, 0.4) is 0 Å². The molecule has 2 aromatic rings. The first kappa shape index (κ1) is 22.6. The topological polar surface area (TPSA) is 178 Å². The molecule has 164 valence electrons. The molecule has 0 saturated carbocycles. The van der Waals surface area contributed by atoms with Crippen LogP contribution in [0.2, 0.25) is 0 Å². The second-order valence-electron chi connectivity index (χ2n) is 6.56. The quantitative estimate of drug-likeness (QED) is 0.284. The smallest absolute Gasteiger partial charge is 0.263 e. The van der Waals surface area contributed by atoms with E-state index in [1.165, 1.54) is 17.5 Å². The van der Waals surface area contributed by atoms with E-state index >= 15 is 0 Å². The highest BCUT2D eigenvalue weighted by Crippen LogP contribution is 2.22. The maximum atomic E-state index is 12.3. The van der Waals surface area contributed by atoms with Crippen LogP contribution in [-0.2, 0) is 26.0 Å². The lowest BCUT2D eigenvalue weighted by Gasteiger charge is -2.40. The number of hydrogen-bond donors (Lipinski definition) is 6. The Balaban J connectivity index is 1.60. The molecule has 1 saturated heterocycles. The van der Waals surface area contributed by atoms with Gasteiger partial charge in [-0.2, -0.15) is 0 Å². The van der Waals surface area contributed by atoms with E-state index in [0.717, 1.165) is 11.3 Å². The molecule has 0 bridgehead atoms. The Morgan fingerprint density at radius 1 is 1.17 bits per heavy atom. The number of ether oxygens (including phenoxy) is 1. The van der Waals surface area contributed by atoms with E-state index in [0.29, 0.717) is 0 Å². The predicted molar refractivity (Wildman–Crippen MR) is 105 cm³/mol. The van der Waals surface area contributed by atoms with Gasteiger partial charge in [0.1, 0.15) is 24.4 Å². The molecule has 1 aromatic heterocycles. The van der Waals surface area contributed by atoms with Gasteiger partial charge in [-0.3, -0.25) is 9.52 Å². The Labute approximate surface area is 176 Å². The van der Waals surface area contributed by atoms with Crippen LogP contribution >= 0.6 is 11.3 Å². The summed E-state index contributed by atoms with van der Waals surface area (Å²) in [4.78, 5) is 16.4. The number of aliphatic hydroxyl groups is 4. The Kier molecular flexibility index (Phi) is 7.02. The fourth-order valence-corrected chi connectivity index (χ4v) is 4.85. The first-order chi connectivity index (χ1) is 14.2. The number of aliphatic hydroxyl groups excluding tert-OH is 4. The predicted octanol–water partition coefficient (Wildman–Crippen LogP) is -1.60. The van der Waals surface area contributed by atoms with Crippen LogP contribution in [0, 0.1) is 0 Å². The van der Waals surface area contributed by atoms with Crippen LogP contribution < -0.4 is 10.0 Å².